The molecule has 1 atom stereocenters. The van der Waals surface area contributed by atoms with Crippen molar-refractivity contribution in [1.82, 2.24) is 15.2 Å². The van der Waals surface area contributed by atoms with E-state index in [1.807, 2.05) is 55.6 Å². The fraction of sp³-hybridized carbons (Fsp3) is 0.333. The van der Waals surface area contributed by atoms with Gasteiger partial charge in [-0.2, -0.15) is 0 Å². The molecule has 1 aliphatic rings. The number of halogens is 1. The van der Waals surface area contributed by atoms with Gasteiger partial charge in [-0.25, -0.2) is 4.98 Å². The van der Waals surface area contributed by atoms with Crippen LogP contribution in [0, 0.1) is 0 Å². The number of fused-ring (bicyclic) bond motifs is 1. The van der Waals surface area contributed by atoms with Gasteiger partial charge >= 0.3 is 0 Å². The SMILES string of the molecule is CCC(C)NC(=O)c1csc(CN(Cc2ccc(Cl)cc2)Cc2ccc3c(c2)OCO3)n1. The summed E-state index contributed by atoms with van der Waals surface area (Å²) in [7, 11) is 0. The van der Waals surface area contributed by atoms with Gasteiger partial charge in [0.2, 0.25) is 6.79 Å². The summed E-state index contributed by atoms with van der Waals surface area (Å²) in [5.74, 6) is 1.42. The zero-order valence-corrected chi connectivity index (χ0v) is 19.7. The Hall–Kier alpha value is -2.61. The number of hydrogen-bond donors (Lipinski definition) is 1. The lowest BCUT2D eigenvalue weighted by Crippen LogP contribution is -2.32. The molecule has 0 bridgehead atoms. The van der Waals surface area contributed by atoms with E-state index in [1.165, 1.54) is 11.3 Å². The Balaban J connectivity index is 1.50. The van der Waals surface area contributed by atoms with E-state index in [9.17, 15) is 4.79 Å². The van der Waals surface area contributed by atoms with E-state index in [2.05, 4.69) is 21.3 Å². The van der Waals surface area contributed by atoms with Gasteiger partial charge in [-0.1, -0.05) is 36.7 Å². The Labute approximate surface area is 197 Å². The predicted molar refractivity (Wildman–Crippen MR) is 126 cm³/mol. The number of hydrogen-bond acceptors (Lipinski definition) is 6. The quantitative estimate of drug-likeness (QED) is 0.461. The Morgan fingerprint density at radius 2 is 1.84 bits per heavy atom. The maximum absolute atomic E-state index is 12.4. The van der Waals surface area contributed by atoms with Crippen molar-refractivity contribution < 1.29 is 14.3 Å². The van der Waals surface area contributed by atoms with Gasteiger partial charge in [-0.3, -0.25) is 9.69 Å². The summed E-state index contributed by atoms with van der Waals surface area (Å²) in [6.45, 7) is 6.34. The number of aromatic nitrogens is 1. The molecule has 1 aromatic heterocycles. The third-order valence-electron chi connectivity index (χ3n) is 5.30. The first-order valence-electron chi connectivity index (χ1n) is 10.6. The first kappa shape index (κ1) is 22.6. The molecule has 0 saturated carbocycles. The molecule has 2 heterocycles. The van der Waals surface area contributed by atoms with Gasteiger partial charge in [-0.15, -0.1) is 11.3 Å². The standard InChI is InChI=1S/C24H26ClN3O3S/c1-3-16(2)26-24(29)20-14-32-23(27-20)13-28(11-17-4-7-19(25)8-5-17)12-18-6-9-21-22(10-18)31-15-30-21/h4-10,14,16H,3,11-13,15H2,1-2H3,(H,26,29). The van der Waals surface area contributed by atoms with E-state index < -0.39 is 0 Å². The summed E-state index contributed by atoms with van der Waals surface area (Å²) < 4.78 is 11.0. The number of carbonyl (C=O) groups is 1. The van der Waals surface area contributed by atoms with Crippen molar-refractivity contribution in [3.8, 4) is 11.5 Å². The monoisotopic (exact) mass is 471 g/mol. The second kappa shape index (κ2) is 10.3. The zero-order valence-electron chi connectivity index (χ0n) is 18.1. The third kappa shape index (κ3) is 5.79. The van der Waals surface area contributed by atoms with Crippen molar-refractivity contribution in [1.29, 1.82) is 0 Å². The highest BCUT2D eigenvalue weighted by atomic mass is 35.5. The summed E-state index contributed by atoms with van der Waals surface area (Å²) in [5.41, 5.74) is 2.75. The third-order valence-corrected chi connectivity index (χ3v) is 6.38. The highest BCUT2D eigenvalue weighted by Crippen LogP contribution is 2.33. The Morgan fingerprint density at radius 3 is 2.62 bits per heavy atom. The average molecular weight is 472 g/mol. The summed E-state index contributed by atoms with van der Waals surface area (Å²) in [6, 6.07) is 14.0. The van der Waals surface area contributed by atoms with Gasteiger partial charge in [0.15, 0.2) is 11.5 Å². The Bertz CT molecular complexity index is 1070. The molecule has 4 rings (SSSR count). The highest BCUT2D eigenvalue weighted by Gasteiger charge is 2.18. The minimum atomic E-state index is -0.123. The number of thiazole rings is 1. The van der Waals surface area contributed by atoms with Crippen molar-refractivity contribution in [3.05, 3.63) is 74.7 Å². The topological polar surface area (TPSA) is 63.7 Å². The molecule has 32 heavy (non-hydrogen) atoms. The summed E-state index contributed by atoms with van der Waals surface area (Å²) in [6.07, 6.45) is 0.882. The number of rotatable bonds is 9. The molecule has 0 fully saturated rings. The Kier molecular flexibility index (Phi) is 7.29. The maximum atomic E-state index is 12.4. The number of carbonyl (C=O) groups excluding carboxylic acids is 1. The smallest absolute Gasteiger partial charge is 0.270 e. The first-order chi connectivity index (χ1) is 15.5. The number of benzene rings is 2. The van der Waals surface area contributed by atoms with E-state index in [1.54, 1.807) is 0 Å². The molecule has 3 aromatic rings. The van der Waals surface area contributed by atoms with Crippen molar-refractivity contribution in [2.45, 2.75) is 45.9 Å². The lowest BCUT2D eigenvalue weighted by molar-refractivity contribution is 0.0934. The van der Waals surface area contributed by atoms with Gasteiger partial charge in [0.05, 0.1) is 6.54 Å². The van der Waals surface area contributed by atoms with Crippen molar-refractivity contribution in [2.75, 3.05) is 6.79 Å². The molecule has 0 spiro atoms. The van der Waals surface area contributed by atoms with Gasteiger partial charge in [0.1, 0.15) is 10.7 Å². The van der Waals surface area contributed by atoms with E-state index in [0.29, 0.717) is 23.8 Å². The molecule has 1 unspecified atom stereocenters. The minimum Gasteiger partial charge on any atom is -0.454 e. The molecule has 8 heteroatoms. The van der Waals surface area contributed by atoms with Crippen LogP contribution in [0.5, 0.6) is 11.5 Å². The molecule has 1 aliphatic heterocycles. The molecule has 0 aliphatic carbocycles. The van der Waals surface area contributed by atoms with Crippen LogP contribution in [0.3, 0.4) is 0 Å². The molecule has 1 N–H and O–H groups in total. The van der Waals surface area contributed by atoms with Crippen LogP contribution < -0.4 is 14.8 Å². The van der Waals surface area contributed by atoms with E-state index in [0.717, 1.165) is 40.6 Å². The lowest BCUT2D eigenvalue weighted by Gasteiger charge is -2.22. The van der Waals surface area contributed by atoms with Gasteiger partial charge in [-0.05, 0) is 48.7 Å². The number of amides is 1. The largest absolute Gasteiger partial charge is 0.454 e. The lowest BCUT2D eigenvalue weighted by atomic mass is 10.1. The van der Waals surface area contributed by atoms with Crippen LogP contribution in [0.1, 0.15) is 46.9 Å². The van der Waals surface area contributed by atoms with Crippen molar-refractivity contribution in [2.24, 2.45) is 0 Å². The first-order valence-corrected chi connectivity index (χ1v) is 11.9. The molecular weight excluding hydrogens is 446 g/mol. The van der Waals surface area contributed by atoms with Gasteiger partial charge in [0, 0.05) is 29.5 Å². The predicted octanol–water partition coefficient (Wildman–Crippen LogP) is 5.26. The van der Waals surface area contributed by atoms with E-state index >= 15 is 0 Å². The van der Waals surface area contributed by atoms with E-state index in [4.69, 9.17) is 21.1 Å². The number of nitrogens with zero attached hydrogens (tertiary/aromatic N) is 2. The molecular formula is C24H26ClN3O3S. The van der Waals surface area contributed by atoms with Crippen molar-refractivity contribution in [3.63, 3.8) is 0 Å². The zero-order chi connectivity index (χ0) is 22.5. The van der Waals surface area contributed by atoms with Gasteiger partial charge in [0.25, 0.3) is 5.91 Å². The molecule has 168 valence electrons. The average Bonchev–Trinajstić information content (AvgIpc) is 3.44. The van der Waals surface area contributed by atoms with Crippen LogP contribution in [0.15, 0.2) is 47.8 Å². The van der Waals surface area contributed by atoms with Crippen LogP contribution in [0.4, 0.5) is 0 Å². The van der Waals surface area contributed by atoms with Crippen LogP contribution in [0.2, 0.25) is 5.02 Å². The van der Waals surface area contributed by atoms with Crippen LogP contribution >= 0.6 is 22.9 Å². The number of nitrogens with one attached hydrogen (secondary N) is 1. The van der Waals surface area contributed by atoms with Crippen LogP contribution in [-0.2, 0) is 19.6 Å². The molecule has 2 aromatic carbocycles. The van der Waals surface area contributed by atoms with E-state index in [-0.39, 0.29) is 18.7 Å². The minimum absolute atomic E-state index is 0.123. The Morgan fingerprint density at radius 1 is 1.12 bits per heavy atom. The highest BCUT2D eigenvalue weighted by molar-refractivity contribution is 7.09. The second-order valence-corrected chi connectivity index (χ2v) is 9.25. The number of ether oxygens (including phenoxy) is 2. The summed E-state index contributed by atoms with van der Waals surface area (Å²) >= 11 is 7.56. The van der Waals surface area contributed by atoms with Crippen molar-refractivity contribution >= 4 is 28.8 Å². The summed E-state index contributed by atoms with van der Waals surface area (Å²) in [4.78, 5) is 19.3. The van der Waals surface area contributed by atoms with Crippen LogP contribution in [0.25, 0.3) is 0 Å². The summed E-state index contributed by atoms with van der Waals surface area (Å²) in [5, 5.41) is 6.42. The maximum Gasteiger partial charge on any atom is 0.270 e. The van der Waals surface area contributed by atoms with Gasteiger partial charge < -0.3 is 14.8 Å². The normalized spacial score (nSPS) is 13.4. The molecule has 1 amide bonds. The van der Waals surface area contributed by atoms with Crippen LogP contribution in [-0.4, -0.2) is 28.6 Å². The second-order valence-electron chi connectivity index (χ2n) is 7.87. The molecule has 0 radical (unpaired) electrons. The molecule has 6 nitrogen and oxygen atoms in total. The fourth-order valence-electron chi connectivity index (χ4n) is 3.39. The molecule has 0 saturated heterocycles. The fourth-order valence-corrected chi connectivity index (χ4v) is 4.33.